The number of nitrogens with one attached hydrogen (secondary N) is 1. The van der Waals surface area contributed by atoms with Crippen molar-refractivity contribution in [1.82, 2.24) is 15.5 Å². The predicted octanol–water partition coefficient (Wildman–Crippen LogP) is 2.45. The van der Waals surface area contributed by atoms with Crippen molar-refractivity contribution < 1.29 is 9.32 Å². The fourth-order valence-corrected chi connectivity index (χ4v) is 2.39. The highest BCUT2D eigenvalue weighted by atomic mass is 35.5. The second kappa shape index (κ2) is 7.22. The molecule has 1 heterocycles. The van der Waals surface area contributed by atoms with E-state index in [0.717, 1.165) is 18.7 Å². The van der Waals surface area contributed by atoms with Crippen molar-refractivity contribution in [2.24, 2.45) is 5.73 Å². The molecule has 0 radical (unpaired) electrons. The van der Waals surface area contributed by atoms with E-state index in [4.69, 9.17) is 10.3 Å². The highest BCUT2D eigenvalue weighted by molar-refractivity contribution is 5.85. The van der Waals surface area contributed by atoms with Crippen LogP contribution in [0.15, 0.2) is 4.52 Å². The van der Waals surface area contributed by atoms with E-state index >= 15 is 0 Å². The third kappa shape index (κ3) is 4.68. The molecule has 0 bridgehead atoms. The van der Waals surface area contributed by atoms with Crippen molar-refractivity contribution in [2.45, 2.75) is 70.4 Å². The number of hydrogen-bond donors (Lipinski definition) is 2. The van der Waals surface area contributed by atoms with Crippen molar-refractivity contribution in [2.75, 3.05) is 0 Å². The summed E-state index contributed by atoms with van der Waals surface area (Å²) in [6, 6.07) is -0.324. The van der Waals surface area contributed by atoms with E-state index in [1.54, 1.807) is 13.8 Å². The molecule has 120 valence electrons. The number of halogens is 1. The lowest BCUT2D eigenvalue weighted by molar-refractivity contribution is -0.126. The first kappa shape index (κ1) is 17.9. The van der Waals surface area contributed by atoms with Crippen LogP contribution in [0.1, 0.15) is 76.6 Å². The van der Waals surface area contributed by atoms with Gasteiger partial charge in [0.25, 0.3) is 0 Å². The summed E-state index contributed by atoms with van der Waals surface area (Å²) in [6.45, 7) is 5.15. The maximum atomic E-state index is 11.8. The van der Waals surface area contributed by atoms with Gasteiger partial charge in [0.15, 0.2) is 5.82 Å². The van der Waals surface area contributed by atoms with Gasteiger partial charge in [0, 0.05) is 5.92 Å². The molecule has 1 aromatic heterocycles. The van der Waals surface area contributed by atoms with Gasteiger partial charge in [0.2, 0.25) is 11.8 Å². The third-order valence-corrected chi connectivity index (χ3v) is 3.73. The van der Waals surface area contributed by atoms with Crippen LogP contribution in [-0.4, -0.2) is 21.6 Å². The second-order valence-corrected chi connectivity index (χ2v) is 6.24. The average molecular weight is 317 g/mol. The molecule has 0 aromatic carbocycles. The monoisotopic (exact) mass is 316 g/mol. The number of hydrogen-bond acceptors (Lipinski definition) is 5. The van der Waals surface area contributed by atoms with Crippen LogP contribution in [0.3, 0.4) is 0 Å². The molecule has 7 heteroatoms. The van der Waals surface area contributed by atoms with Crippen molar-refractivity contribution in [1.29, 1.82) is 0 Å². The molecule has 0 saturated heterocycles. The van der Waals surface area contributed by atoms with Crippen LogP contribution in [0.2, 0.25) is 0 Å². The Bertz CT molecular complexity index is 464. The molecular weight excluding hydrogens is 292 g/mol. The standard InChI is InChI=1S/C14H24N4O2.ClH/c1-9(16-13(19)14(2,3)15)12-17-11(18-20-12)10-7-5-4-6-8-10;/h9-10H,4-8,15H2,1-3H3,(H,16,19);1H. The van der Waals surface area contributed by atoms with Crippen LogP contribution < -0.4 is 11.1 Å². The fourth-order valence-electron chi connectivity index (χ4n) is 2.39. The highest BCUT2D eigenvalue weighted by Gasteiger charge is 2.27. The first-order valence-electron chi connectivity index (χ1n) is 7.31. The zero-order chi connectivity index (χ0) is 14.8. The van der Waals surface area contributed by atoms with Crippen LogP contribution in [-0.2, 0) is 4.79 Å². The van der Waals surface area contributed by atoms with Crippen molar-refractivity contribution in [3.05, 3.63) is 11.7 Å². The van der Waals surface area contributed by atoms with E-state index in [1.165, 1.54) is 19.3 Å². The van der Waals surface area contributed by atoms with E-state index < -0.39 is 5.54 Å². The van der Waals surface area contributed by atoms with Crippen molar-refractivity contribution in [3.8, 4) is 0 Å². The molecule has 1 amide bonds. The maximum Gasteiger partial charge on any atom is 0.248 e. The van der Waals surface area contributed by atoms with E-state index in [1.807, 2.05) is 6.92 Å². The minimum Gasteiger partial charge on any atom is -0.343 e. The quantitative estimate of drug-likeness (QED) is 0.889. The number of rotatable bonds is 4. The van der Waals surface area contributed by atoms with E-state index in [0.29, 0.717) is 11.8 Å². The van der Waals surface area contributed by atoms with E-state index in [-0.39, 0.29) is 24.4 Å². The van der Waals surface area contributed by atoms with Gasteiger partial charge < -0.3 is 15.6 Å². The molecule has 1 saturated carbocycles. The summed E-state index contributed by atoms with van der Waals surface area (Å²) in [5.41, 5.74) is 4.83. The smallest absolute Gasteiger partial charge is 0.248 e. The number of amides is 1. The molecule has 21 heavy (non-hydrogen) atoms. The Morgan fingerprint density at radius 3 is 2.57 bits per heavy atom. The number of nitrogens with two attached hydrogens (primary N) is 1. The average Bonchev–Trinajstić information content (AvgIpc) is 2.88. The molecule has 1 aliphatic rings. The zero-order valence-corrected chi connectivity index (χ0v) is 13.7. The van der Waals surface area contributed by atoms with Gasteiger partial charge in [-0.1, -0.05) is 24.4 Å². The summed E-state index contributed by atoms with van der Waals surface area (Å²) < 4.78 is 5.28. The first-order valence-corrected chi connectivity index (χ1v) is 7.31. The maximum absolute atomic E-state index is 11.8. The number of aromatic nitrogens is 2. The Kier molecular flexibility index (Phi) is 6.16. The molecule has 0 spiro atoms. The predicted molar refractivity (Wildman–Crippen MR) is 82.2 cm³/mol. The van der Waals surface area contributed by atoms with E-state index in [9.17, 15) is 4.79 Å². The van der Waals surface area contributed by atoms with Crippen molar-refractivity contribution in [3.63, 3.8) is 0 Å². The number of carbonyl (C=O) groups is 1. The lowest BCUT2D eigenvalue weighted by Crippen LogP contribution is -2.49. The van der Waals surface area contributed by atoms with Crippen LogP contribution in [0.25, 0.3) is 0 Å². The Hall–Kier alpha value is -1.14. The Labute approximate surface area is 131 Å². The number of carbonyl (C=O) groups excluding carboxylic acids is 1. The molecular formula is C14H25ClN4O2. The summed E-state index contributed by atoms with van der Waals surface area (Å²) in [5.74, 6) is 1.38. The van der Waals surface area contributed by atoms with Gasteiger partial charge in [-0.25, -0.2) is 0 Å². The summed E-state index contributed by atoms with van der Waals surface area (Å²) in [5, 5.41) is 6.85. The van der Waals surface area contributed by atoms with Gasteiger partial charge in [-0.3, -0.25) is 4.79 Å². The van der Waals surface area contributed by atoms with Gasteiger partial charge >= 0.3 is 0 Å². The van der Waals surface area contributed by atoms with Gasteiger partial charge in [-0.05, 0) is 33.6 Å². The molecule has 1 fully saturated rings. The van der Waals surface area contributed by atoms with E-state index in [2.05, 4.69) is 15.5 Å². The summed E-state index contributed by atoms with van der Waals surface area (Å²) >= 11 is 0. The summed E-state index contributed by atoms with van der Waals surface area (Å²) in [4.78, 5) is 16.3. The number of nitrogens with zero attached hydrogens (tertiary/aromatic N) is 2. The van der Waals surface area contributed by atoms with Gasteiger partial charge in [-0.2, -0.15) is 4.98 Å². The molecule has 1 aromatic rings. The Balaban J connectivity index is 0.00000220. The molecule has 6 nitrogen and oxygen atoms in total. The summed E-state index contributed by atoms with van der Waals surface area (Å²) in [6.07, 6.45) is 5.98. The SMILES string of the molecule is CC(NC(=O)C(C)(C)N)c1nc(C2CCCCC2)no1.Cl. The van der Waals surface area contributed by atoms with Crippen LogP contribution >= 0.6 is 12.4 Å². The topological polar surface area (TPSA) is 94.0 Å². The molecule has 0 aliphatic heterocycles. The zero-order valence-electron chi connectivity index (χ0n) is 12.9. The molecule has 2 rings (SSSR count). The van der Waals surface area contributed by atoms with Gasteiger partial charge in [0.1, 0.15) is 6.04 Å². The molecule has 1 aliphatic carbocycles. The summed E-state index contributed by atoms with van der Waals surface area (Å²) in [7, 11) is 0. The Morgan fingerprint density at radius 2 is 2.00 bits per heavy atom. The van der Waals surface area contributed by atoms with Crippen LogP contribution in [0, 0.1) is 0 Å². The second-order valence-electron chi connectivity index (χ2n) is 6.24. The molecule has 1 atom stereocenters. The lowest BCUT2D eigenvalue weighted by Gasteiger charge is -2.20. The lowest BCUT2D eigenvalue weighted by atomic mass is 9.89. The normalized spacial score (nSPS) is 17.9. The minimum atomic E-state index is -0.916. The minimum absolute atomic E-state index is 0. The molecule has 1 unspecified atom stereocenters. The van der Waals surface area contributed by atoms with Gasteiger partial charge in [-0.15, -0.1) is 12.4 Å². The van der Waals surface area contributed by atoms with Crippen LogP contribution in [0.4, 0.5) is 0 Å². The highest BCUT2D eigenvalue weighted by Crippen LogP contribution is 2.31. The first-order chi connectivity index (χ1) is 9.38. The van der Waals surface area contributed by atoms with Crippen molar-refractivity contribution >= 4 is 18.3 Å². The fraction of sp³-hybridized carbons (Fsp3) is 0.786. The van der Waals surface area contributed by atoms with Crippen LogP contribution in [0.5, 0.6) is 0 Å². The molecule has 3 N–H and O–H groups in total. The third-order valence-electron chi connectivity index (χ3n) is 3.73. The largest absolute Gasteiger partial charge is 0.343 e. The van der Waals surface area contributed by atoms with Gasteiger partial charge in [0.05, 0.1) is 5.54 Å². The Morgan fingerprint density at radius 1 is 1.38 bits per heavy atom.